The van der Waals surface area contributed by atoms with Crippen LogP contribution in [0.3, 0.4) is 0 Å². The van der Waals surface area contributed by atoms with Gasteiger partial charge < -0.3 is 4.98 Å². The summed E-state index contributed by atoms with van der Waals surface area (Å²) in [6.07, 6.45) is 3.56. The van der Waals surface area contributed by atoms with Crippen molar-refractivity contribution in [2.75, 3.05) is 0 Å². The van der Waals surface area contributed by atoms with Gasteiger partial charge in [0.25, 0.3) is 0 Å². The summed E-state index contributed by atoms with van der Waals surface area (Å²) in [6, 6.07) is 10.6. The van der Waals surface area contributed by atoms with Crippen LogP contribution in [0.4, 0.5) is 0 Å². The van der Waals surface area contributed by atoms with Crippen LogP contribution < -0.4 is 0 Å². The Morgan fingerprint density at radius 2 is 2.14 bits per heavy atom. The van der Waals surface area contributed by atoms with E-state index in [-0.39, 0.29) is 0 Å². The van der Waals surface area contributed by atoms with Crippen LogP contribution in [-0.2, 0) is 0 Å². The van der Waals surface area contributed by atoms with Gasteiger partial charge in [-0.1, -0.05) is 18.2 Å². The van der Waals surface area contributed by atoms with Gasteiger partial charge in [0, 0.05) is 4.70 Å². The molecule has 0 fully saturated rings. The summed E-state index contributed by atoms with van der Waals surface area (Å²) in [6.45, 7) is 0. The highest BCUT2D eigenvalue weighted by atomic mass is 32.1. The van der Waals surface area contributed by atoms with Crippen molar-refractivity contribution in [3.05, 3.63) is 42.9 Å². The van der Waals surface area contributed by atoms with Crippen LogP contribution in [0.15, 0.2) is 42.9 Å². The molecule has 2 heterocycles. The van der Waals surface area contributed by atoms with Crippen molar-refractivity contribution in [3.8, 4) is 10.6 Å². The van der Waals surface area contributed by atoms with Gasteiger partial charge >= 0.3 is 0 Å². The highest BCUT2D eigenvalue weighted by Gasteiger charge is 2.03. The van der Waals surface area contributed by atoms with E-state index in [0.29, 0.717) is 0 Å². The van der Waals surface area contributed by atoms with Crippen LogP contribution in [0.2, 0.25) is 0 Å². The highest BCUT2D eigenvalue weighted by Crippen LogP contribution is 2.31. The Balaban J connectivity index is 2.24. The van der Waals surface area contributed by atoms with Gasteiger partial charge in [-0.2, -0.15) is 0 Å². The molecule has 0 saturated heterocycles. The molecule has 0 amide bonds. The lowest BCUT2D eigenvalue weighted by atomic mass is 10.2. The van der Waals surface area contributed by atoms with Gasteiger partial charge in [0.15, 0.2) is 0 Å². The maximum atomic E-state index is 4.02. The first-order chi connectivity index (χ1) is 6.93. The second kappa shape index (κ2) is 2.96. The minimum Gasteiger partial charge on any atom is -0.344 e. The molecule has 0 aliphatic rings. The minimum absolute atomic E-state index is 1.09. The smallest absolute Gasteiger partial charge is 0.0924 e. The summed E-state index contributed by atoms with van der Waals surface area (Å²) >= 11 is 1.78. The van der Waals surface area contributed by atoms with Gasteiger partial charge in [0.2, 0.25) is 0 Å². The first-order valence-corrected chi connectivity index (χ1v) is 5.22. The third-order valence-electron chi connectivity index (χ3n) is 2.19. The fraction of sp³-hybridized carbons (Fsp3) is 0. The first-order valence-electron chi connectivity index (χ1n) is 4.41. The lowest BCUT2D eigenvalue weighted by Gasteiger charge is -1.85. The highest BCUT2D eigenvalue weighted by molar-refractivity contribution is 7.22. The second-order valence-corrected chi connectivity index (χ2v) is 4.20. The van der Waals surface area contributed by atoms with Crippen molar-refractivity contribution in [1.29, 1.82) is 0 Å². The lowest BCUT2D eigenvalue weighted by molar-refractivity contribution is 1.32. The molecule has 1 aromatic carbocycles. The number of hydrogen-bond donors (Lipinski definition) is 1. The lowest BCUT2D eigenvalue weighted by Crippen LogP contribution is -1.66. The second-order valence-electron chi connectivity index (χ2n) is 3.11. The van der Waals surface area contributed by atoms with Crippen molar-refractivity contribution in [2.24, 2.45) is 0 Å². The van der Waals surface area contributed by atoms with Crippen molar-refractivity contribution in [2.45, 2.75) is 0 Å². The van der Waals surface area contributed by atoms with Gasteiger partial charge in [0.05, 0.1) is 23.1 Å². The van der Waals surface area contributed by atoms with E-state index in [4.69, 9.17) is 0 Å². The van der Waals surface area contributed by atoms with E-state index in [1.807, 2.05) is 6.20 Å². The molecule has 0 atom stereocenters. The molecule has 1 N–H and O–H groups in total. The first kappa shape index (κ1) is 7.76. The number of fused-ring (bicyclic) bond motifs is 1. The molecule has 3 heteroatoms. The number of nitrogens with one attached hydrogen (secondary N) is 1. The quantitative estimate of drug-likeness (QED) is 0.641. The summed E-state index contributed by atoms with van der Waals surface area (Å²) in [5.74, 6) is 0. The molecule has 0 aliphatic heterocycles. The van der Waals surface area contributed by atoms with Crippen LogP contribution in [0.25, 0.3) is 20.7 Å². The standard InChI is InChI=1S/C11H8N2S/c1-2-4-10-8(3-1)5-11(14-10)9-6-12-7-13-9/h1-7H,(H,12,13). The predicted molar refractivity (Wildman–Crippen MR) is 59.4 cm³/mol. The zero-order valence-corrected chi connectivity index (χ0v) is 8.21. The third kappa shape index (κ3) is 1.14. The van der Waals surface area contributed by atoms with E-state index in [9.17, 15) is 0 Å². The maximum Gasteiger partial charge on any atom is 0.0924 e. The van der Waals surface area contributed by atoms with E-state index in [1.165, 1.54) is 15.0 Å². The molecule has 68 valence electrons. The average molecular weight is 200 g/mol. The van der Waals surface area contributed by atoms with Gasteiger partial charge in [-0.05, 0) is 17.5 Å². The normalized spacial score (nSPS) is 10.9. The molecule has 3 rings (SSSR count). The number of H-pyrrole nitrogens is 1. The monoisotopic (exact) mass is 200 g/mol. The molecule has 2 aromatic heterocycles. The van der Waals surface area contributed by atoms with Crippen LogP contribution in [0.5, 0.6) is 0 Å². The van der Waals surface area contributed by atoms with E-state index >= 15 is 0 Å². The van der Waals surface area contributed by atoms with Crippen LogP contribution in [-0.4, -0.2) is 9.97 Å². The molecule has 0 saturated carbocycles. The van der Waals surface area contributed by atoms with E-state index in [1.54, 1.807) is 17.7 Å². The fourth-order valence-corrected chi connectivity index (χ4v) is 2.54. The number of aromatic nitrogens is 2. The van der Waals surface area contributed by atoms with Crippen LogP contribution in [0, 0.1) is 0 Å². The Labute approximate surface area is 85.2 Å². The Morgan fingerprint density at radius 3 is 2.93 bits per heavy atom. The van der Waals surface area contributed by atoms with Crippen molar-refractivity contribution < 1.29 is 0 Å². The number of nitrogens with zero attached hydrogens (tertiary/aromatic N) is 1. The number of rotatable bonds is 1. The topological polar surface area (TPSA) is 28.7 Å². The molecular weight excluding hydrogens is 192 g/mol. The number of benzene rings is 1. The van der Waals surface area contributed by atoms with Crippen molar-refractivity contribution >= 4 is 21.4 Å². The molecule has 0 bridgehead atoms. The number of hydrogen-bond acceptors (Lipinski definition) is 2. The Hall–Kier alpha value is -1.61. The number of imidazole rings is 1. The summed E-state index contributed by atoms with van der Waals surface area (Å²) in [7, 11) is 0. The number of thiophene rings is 1. The number of aromatic amines is 1. The third-order valence-corrected chi connectivity index (χ3v) is 3.34. The maximum absolute atomic E-state index is 4.02. The average Bonchev–Trinajstić information content (AvgIpc) is 2.86. The summed E-state index contributed by atoms with van der Waals surface area (Å²) in [5, 5.41) is 1.29. The molecule has 0 spiro atoms. The molecule has 14 heavy (non-hydrogen) atoms. The van der Waals surface area contributed by atoms with Crippen LogP contribution >= 0.6 is 11.3 Å². The molecule has 2 nitrogen and oxygen atoms in total. The fourth-order valence-electron chi connectivity index (χ4n) is 1.51. The minimum atomic E-state index is 1.09. The van der Waals surface area contributed by atoms with E-state index in [2.05, 4.69) is 40.3 Å². The largest absolute Gasteiger partial charge is 0.344 e. The van der Waals surface area contributed by atoms with Gasteiger partial charge in [-0.25, -0.2) is 4.98 Å². The van der Waals surface area contributed by atoms with Crippen LogP contribution in [0.1, 0.15) is 0 Å². The molecule has 0 radical (unpaired) electrons. The summed E-state index contributed by atoms with van der Waals surface area (Å²) in [4.78, 5) is 8.37. The van der Waals surface area contributed by atoms with Gasteiger partial charge in [-0.3, -0.25) is 0 Å². The zero-order valence-electron chi connectivity index (χ0n) is 7.40. The SMILES string of the molecule is c1ccc2sc(-c3cnc[nH]3)cc2c1. The van der Waals surface area contributed by atoms with Gasteiger partial charge in [0.1, 0.15) is 0 Å². The predicted octanol–water partition coefficient (Wildman–Crippen LogP) is 3.29. The Morgan fingerprint density at radius 1 is 1.21 bits per heavy atom. The molecule has 3 aromatic rings. The summed E-state index contributed by atoms with van der Waals surface area (Å²) in [5.41, 5.74) is 1.09. The van der Waals surface area contributed by atoms with Crippen molar-refractivity contribution in [1.82, 2.24) is 9.97 Å². The summed E-state index contributed by atoms with van der Waals surface area (Å²) < 4.78 is 1.32. The molecule has 0 unspecified atom stereocenters. The van der Waals surface area contributed by atoms with Crippen molar-refractivity contribution in [3.63, 3.8) is 0 Å². The van der Waals surface area contributed by atoms with E-state index in [0.717, 1.165) is 5.69 Å². The molecular formula is C11H8N2S. The Kier molecular flexibility index (Phi) is 1.64. The van der Waals surface area contributed by atoms with E-state index < -0.39 is 0 Å². The Bertz CT molecular complexity index is 518. The van der Waals surface area contributed by atoms with Gasteiger partial charge in [-0.15, -0.1) is 11.3 Å². The zero-order chi connectivity index (χ0) is 9.38. The molecule has 0 aliphatic carbocycles.